The van der Waals surface area contributed by atoms with Gasteiger partial charge in [0.1, 0.15) is 0 Å². The summed E-state index contributed by atoms with van der Waals surface area (Å²) < 4.78 is 37.1. The summed E-state index contributed by atoms with van der Waals surface area (Å²) in [6.07, 6.45) is 3.36. The molecule has 4 rings (SSSR count). The van der Waals surface area contributed by atoms with Crippen LogP contribution in [-0.2, 0) is 17.3 Å². The molecule has 2 aromatic rings. The van der Waals surface area contributed by atoms with E-state index in [-0.39, 0.29) is 17.0 Å². The fourth-order valence-corrected chi connectivity index (χ4v) is 5.15. The number of methoxy groups -OCH3 is 2. The molecule has 1 aromatic carbocycles. The number of nitrogens with one attached hydrogen (secondary N) is 1. The maximum atomic E-state index is 12.6. The van der Waals surface area contributed by atoms with Crippen LogP contribution in [0.25, 0.3) is 10.8 Å². The predicted octanol–water partition coefficient (Wildman–Crippen LogP) is 0.318. The van der Waals surface area contributed by atoms with Gasteiger partial charge in [-0.15, -0.1) is 0 Å². The smallest absolute Gasteiger partial charge is 0.274 e. The van der Waals surface area contributed by atoms with Crippen molar-refractivity contribution in [3.05, 3.63) is 28.7 Å². The van der Waals surface area contributed by atoms with Gasteiger partial charge in [0.2, 0.25) is 0 Å². The number of aryl methyl sites for hydroxylation is 1. The van der Waals surface area contributed by atoms with Gasteiger partial charge in [0.05, 0.1) is 25.3 Å². The van der Waals surface area contributed by atoms with Crippen LogP contribution in [0.2, 0.25) is 0 Å². The van der Waals surface area contributed by atoms with Gasteiger partial charge in [-0.25, -0.2) is 5.14 Å². The Labute approximate surface area is 163 Å². The molecule has 2 fully saturated rings. The zero-order chi connectivity index (χ0) is 20.3. The van der Waals surface area contributed by atoms with Gasteiger partial charge in [0.25, 0.3) is 15.8 Å². The molecule has 28 heavy (non-hydrogen) atoms. The van der Waals surface area contributed by atoms with Gasteiger partial charge in [-0.05, 0) is 25.0 Å². The minimum atomic E-state index is -3.67. The summed E-state index contributed by atoms with van der Waals surface area (Å²) >= 11 is 0. The average Bonchev–Trinajstić information content (AvgIpc) is 2.57. The summed E-state index contributed by atoms with van der Waals surface area (Å²) in [5.74, 6) is 1.08. The van der Waals surface area contributed by atoms with E-state index in [4.69, 9.17) is 14.6 Å². The van der Waals surface area contributed by atoms with E-state index in [1.807, 2.05) is 12.3 Å². The van der Waals surface area contributed by atoms with Crippen molar-refractivity contribution >= 4 is 26.7 Å². The van der Waals surface area contributed by atoms with Gasteiger partial charge < -0.3 is 18.9 Å². The Balaban J connectivity index is 1.62. The molecule has 152 valence electrons. The molecule has 9 nitrogen and oxygen atoms in total. The third-order valence-electron chi connectivity index (χ3n) is 5.75. The number of nitrogens with two attached hydrogens (primary N) is 1. The number of nitrogens with zero attached hydrogens (tertiary/aromatic N) is 2. The first-order valence-corrected chi connectivity index (χ1v) is 10.5. The van der Waals surface area contributed by atoms with Gasteiger partial charge >= 0.3 is 0 Å². The SMILES string of the molecule is COc1cc2c(N3CC4(CC(NS(N)(=O)=O)C4)C3)cn(C)c(=O)c2cc1OC. The highest BCUT2D eigenvalue weighted by Crippen LogP contribution is 2.50. The van der Waals surface area contributed by atoms with Crippen molar-refractivity contribution in [2.75, 3.05) is 32.2 Å². The maximum Gasteiger partial charge on any atom is 0.274 e. The van der Waals surface area contributed by atoms with Crippen LogP contribution in [0.4, 0.5) is 5.69 Å². The molecule has 0 bridgehead atoms. The monoisotopic (exact) mass is 408 g/mol. The van der Waals surface area contributed by atoms with E-state index in [0.29, 0.717) is 16.9 Å². The molecule has 0 unspecified atom stereocenters. The molecule has 0 radical (unpaired) electrons. The van der Waals surface area contributed by atoms with Crippen molar-refractivity contribution in [2.24, 2.45) is 17.6 Å². The molecular weight excluding hydrogens is 384 g/mol. The quantitative estimate of drug-likeness (QED) is 0.736. The summed E-state index contributed by atoms with van der Waals surface area (Å²) in [5.41, 5.74) is 0.947. The minimum Gasteiger partial charge on any atom is -0.493 e. The van der Waals surface area contributed by atoms with E-state index in [0.717, 1.165) is 37.0 Å². The van der Waals surface area contributed by atoms with Crippen LogP contribution in [0, 0.1) is 5.41 Å². The van der Waals surface area contributed by atoms with Crippen LogP contribution in [-0.4, -0.2) is 46.3 Å². The molecule has 0 amide bonds. The van der Waals surface area contributed by atoms with E-state index < -0.39 is 10.2 Å². The van der Waals surface area contributed by atoms with Crippen LogP contribution in [0.3, 0.4) is 0 Å². The molecule has 1 saturated carbocycles. The molecule has 1 spiro atoms. The fraction of sp³-hybridized carbons (Fsp3) is 0.500. The number of hydrogen-bond acceptors (Lipinski definition) is 6. The third-order valence-corrected chi connectivity index (χ3v) is 6.41. The summed E-state index contributed by atoms with van der Waals surface area (Å²) in [4.78, 5) is 14.8. The van der Waals surface area contributed by atoms with Crippen LogP contribution in [0.1, 0.15) is 12.8 Å². The Kier molecular flexibility index (Phi) is 4.32. The fourth-order valence-electron chi connectivity index (χ4n) is 4.51. The van der Waals surface area contributed by atoms with E-state index in [9.17, 15) is 13.2 Å². The first-order chi connectivity index (χ1) is 13.1. The number of ether oxygens (including phenoxy) is 2. The Hall–Kier alpha value is -2.30. The Morgan fingerprint density at radius 2 is 1.71 bits per heavy atom. The number of anilines is 1. The maximum absolute atomic E-state index is 12.6. The van der Waals surface area contributed by atoms with Crippen LogP contribution >= 0.6 is 0 Å². The Morgan fingerprint density at radius 1 is 1.14 bits per heavy atom. The third kappa shape index (κ3) is 3.11. The van der Waals surface area contributed by atoms with Gasteiger partial charge in [0, 0.05) is 43.2 Å². The van der Waals surface area contributed by atoms with Crippen molar-refractivity contribution in [1.29, 1.82) is 0 Å². The highest BCUT2D eigenvalue weighted by Gasteiger charge is 2.53. The second-order valence-corrected chi connectivity index (χ2v) is 9.13. The normalized spacial score (nSPS) is 18.8. The molecule has 3 N–H and O–H groups in total. The number of aromatic nitrogens is 1. The molecule has 1 aliphatic heterocycles. The lowest BCUT2D eigenvalue weighted by Crippen LogP contribution is -2.67. The van der Waals surface area contributed by atoms with Crippen molar-refractivity contribution in [2.45, 2.75) is 18.9 Å². The first-order valence-electron chi connectivity index (χ1n) is 8.95. The van der Waals surface area contributed by atoms with E-state index in [1.54, 1.807) is 31.9 Å². The average molecular weight is 408 g/mol. The zero-order valence-electron chi connectivity index (χ0n) is 16.1. The lowest BCUT2D eigenvalue weighted by molar-refractivity contribution is 0.0592. The molecular formula is C18H24N4O5S. The molecule has 1 saturated heterocycles. The lowest BCUT2D eigenvalue weighted by Gasteiger charge is -2.59. The highest BCUT2D eigenvalue weighted by molar-refractivity contribution is 7.87. The number of hydrogen-bond donors (Lipinski definition) is 2. The molecule has 0 atom stereocenters. The van der Waals surface area contributed by atoms with Gasteiger partial charge in [-0.2, -0.15) is 13.1 Å². The van der Waals surface area contributed by atoms with Gasteiger partial charge in [0.15, 0.2) is 11.5 Å². The summed E-state index contributed by atoms with van der Waals surface area (Å²) in [5, 5.41) is 6.44. The van der Waals surface area contributed by atoms with Crippen molar-refractivity contribution in [3.8, 4) is 11.5 Å². The van der Waals surface area contributed by atoms with Crippen LogP contribution in [0.15, 0.2) is 23.1 Å². The summed E-state index contributed by atoms with van der Waals surface area (Å²) in [7, 11) is 1.17. The number of rotatable bonds is 5. The zero-order valence-corrected chi connectivity index (χ0v) is 16.9. The largest absolute Gasteiger partial charge is 0.493 e. The molecule has 1 aliphatic carbocycles. The van der Waals surface area contributed by atoms with Crippen LogP contribution in [0.5, 0.6) is 11.5 Å². The number of fused-ring (bicyclic) bond motifs is 1. The summed E-state index contributed by atoms with van der Waals surface area (Å²) in [6, 6.07) is 3.45. The van der Waals surface area contributed by atoms with Crippen molar-refractivity contribution < 1.29 is 17.9 Å². The van der Waals surface area contributed by atoms with Crippen LogP contribution < -0.4 is 29.8 Å². The van der Waals surface area contributed by atoms with Crippen molar-refractivity contribution in [1.82, 2.24) is 9.29 Å². The molecule has 1 aromatic heterocycles. The van der Waals surface area contributed by atoms with Gasteiger partial charge in [-0.1, -0.05) is 0 Å². The minimum absolute atomic E-state index is 0.0972. The first kappa shape index (κ1) is 19.0. The van der Waals surface area contributed by atoms with E-state index in [1.165, 1.54) is 0 Å². The second-order valence-electron chi connectivity index (χ2n) is 7.81. The number of benzene rings is 1. The summed E-state index contributed by atoms with van der Waals surface area (Å²) in [6.45, 7) is 1.61. The second kappa shape index (κ2) is 6.36. The topological polar surface area (TPSA) is 116 Å². The predicted molar refractivity (Wildman–Crippen MR) is 106 cm³/mol. The highest BCUT2D eigenvalue weighted by atomic mass is 32.2. The molecule has 10 heteroatoms. The standard InChI is InChI=1S/C18H24N4O5S/c1-21-8-14(12-4-15(26-2)16(27-3)5-13(12)17(21)23)22-9-18(10-22)6-11(7-18)20-28(19,24)25/h4-5,8,11,20H,6-7,9-10H2,1-3H3,(H2,19,24,25). The number of pyridine rings is 1. The molecule has 2 aliphatic rings. The Bertz CT molecular complexity index is 1100. The molecule has 2 heterocycles. The lowest BCUT2D eigenvalue weighted by atomic mass is 9.61. The Morgan fingerprint density at radius 3 is 2.25 bits per heavy atom. The van der Waals surface area contributed by atoms with Crippen molar-refractivity contribution in [3.63, 3.8) is 0 Å². The van der Waals surface area contributed by atoms with Gasteiger partial charge in [-0.3, -0.25) is 4.79 Å². The van der Waals surface area contributed by atoms with E-state index in [2.05, 4.69) is 9.62 Å². The van der Waals surface area contributed by atoms with E-state index >= 15 is 0 Å².